The summed E-state index contributed by atoms with van der Waals surface area (Å²) in [6.07, 6.45) is -4.46. The third kappa shape index (κ3) is 3.92. The number of ketones is 1. The number of rotatable bonds is 5. The van der Waals surface area contributed by atoms with Crippen LogP contribution in [0, 0.1) is 0 Å². The van der Waals surface area contributed by atoms with Gasteiger partial charge in [0.2, 0.25) is 0 Å². The Morgan fingerprint density at radius 2 is 1.57 bits per heavy atom. The number of nitrogens with zero attached hydrogens (tertiary/aromatic N) is 1. The van der Waals surface area contributed by atoms with Crippen molar-refractivity contribution in [3.63, 3.8) is 0 Å². The van der Waals surface area contributed by atoms with Gasteiger partial charge in [0.1, 0.15) is 0 Å². The quantitative estimate of drug-likeness (QED) is 0.739. The summed E-state index contributed by atoms with van der Waals surface area (Å²) >= 11 is 0. The number of hydrogen-bond donors (Lipinski definition) is 0. The first-order chi connectivity index (χ1) is 10.9. The van der Waals surface area contributed by atoms with Gasteiger partial charge < -0.3 is 4.90 Å². The topological polar surface area (TPSA) is 20.3 Å². The highest BCUT2D eigenvalue weighted by atomic mass is 19.4. The third-order valence-electron chi connectivity index (χ3n) is 3.71. The molecule has 0 N–H and O–H groups in total. The molecule has 0 saturated heterocycles. The van der Waals surface area contributed by atoms with Gasteiger partial charge >= 0.3 is 6.18 Å². The van der Waals surface area contributed by atoms with E-state index in [0.29, 0.717) is 5.56 Å². The summed E-state index contributed by atoms with van der Waals surface area (Å²) in [5.74, 6) is -0.415. The molecule has 2 rings (SSSR count). The van der Waals surface area contributed by atoms with E-state index in [4.69, 9.17) is 0 Å². The van der Waals surface area contributed by atoms with Crippen molar-refractivity contribution < 1.29 is 18.0 Å². The summed E-state index contributed by atoms with van der Waals surface area (Å²) < 4.78 is 38.2. The fraction of sp³-hybridized carbons (Fsp3) is 0.278. The first-order valence-corrected chi connectivity index (χ1v) is 7.43. The molecule has 0 aromatic heterocycles. The highest BCUT2D eigenvalue weighted by Gasteiger charge is 2.30. The van der Waals surface area contributed by atoms with Crippen molar-refractivity contribution in [1.82, 2.24) is 0 Å². The summed E-state index contributed by atoms with van der Waals surface area (Å²) in [6, 6.07) is 11.4. The van der Waals surface area contributed by atoms with E-state index in [2.05, 4.69) is 4.90 Å². The van der Waals surface area contributed by atoms with Crippen LogP contribution in [0.5, 0.6) is 0 Å². The molecule has 23 heavy (non-hydrogen) atoms. The molecule has 5 heteroatoms. The summed E-state index contributed by atoms with van der Waals surface area (Å²) in [4.78, 5) is 14.5. The molecule has 0 aliphatic carbocycles. The molecule has 0 heterocycles. The van der Waals surface area contributed by atoms with Gasteiger partial charge in [-0.3, -0.25) is 4.79 Å². The van der Waals surface area contributed by atoms with E-state index < -0.39 is 17.5 Å². The molecule has 0 unspecified atom stereocenters. The second kappa shape index (κ2) is 6.86. The number of halogens is 3. The SMILES string of the molecule is CCN(CC)c1ccc(C(=O)c2cccc(C(F)(F)F)c2)cc1. The molecule has 0 bridgehead atoms. The minimum absolute atomic E-state index is 0.0374. The lowest BCUT2D eigenvalue weighted by molar-refractivity contribution is -0.137. The van der Waals surface area contributed by atoms with Crippen LogP contribution in [0.2, 0.25) is 0 Å². The van der Waals surface area contributed by atoms with Crippen molar-refractivity contribution in [2.75, 3.05) is 18.0 Å². The normalized spacial score (nSPS) is 11.3. The molecule has 0 spiro atoms. The molecule has 0 saturated carbocycles. The van der Waals surface area contributed by atoms with Gasteiger partial charge in [-0.15, -0.1) is 0 Å². The maximum atomic E-state index is 12.7. The van der Waals surface area contributed by atoms with Gasteiger partial charge in [-0.25, -0.2) is 0 Å². The van der Waals surface area contributed by atoms with E-state index in [0.717, 1.165) is 30.9 Å². The fourth-order valence-corrected chi connectivity index (χ4v) is 2.42. The van der Waals surface area contributed by atoms with Gasteiger partial charge in [-0.2, -0.15) is 13.2 Å². The summed E-state index contributed by atoms with van der Waals surface area (Å²) in [5.41, 5.74) is 0.578. The van der Waals surface area contributed by atoms with Crippen molar-refractivity contribution in [3.8, 4) is 0 Å². The smallest absolute Gasteiger partial charge is 0.372 e. The van der Waals surface area contributed by atoms with Gasteiger partial charge in [-0.1, -0.05) is 12.1 Å². The van der Waals surface area contributed by atoms with Crippen molar-refractivity contribution in [2.45, 2.75) is 20.0 Å². The van der Waals surface area contributed by atoms with E-state index in [1.54, 1.807) is 12.1 Å². The number of anilines is 1. The Morgan fingerprint density at radius 3 is 2.09 bits per heavy atom. The highest BCUT2D eigenvalue weighted by molar-refractivity contribution is 6.09. The zero-order chi connectivity index (χ0) is 17.0. The largest absolute Gasteiger partial charge is 0.416 e. The minimum Gasteiger partial charge on any atom is -0.372 e. The predicted molar refractivity (Wildman–Crippen MR) is 84.9 cm³/mol. The Bertz CT molecular complexity index is 673. The van der Waals surface area contributed by atoms with Crippen molar-refractivity contribution in [2.24, 2.45) is 0 Å². The lowest BCUT2D eigenvalue weighted by atomic mass is 10.0. The van der Waals surface area contributed by atoms with Crippen LogP contribution < -0.4 is 4.90 Å². The van der Waals surface area contributed by atoms with E-state index in [-0.39, 0.29) is 5.56 Å². The monoisotopic (exact) mass is 321 g/mol. The maximum absolute atomic E-state index is 12.7. The van der Waals surface area contributed by atoms with Crippen LogP contribution in [-0.4, -0.2) is 18.9 Å². The Hall–Kier alpha value is -2.30. The van der Waals surface area contributed by atoms with Gasteiger partial charge in [0, 0.05) is 29.9 Å². The second-order valence-electron chi connectivity index (χ2n) is 5.13. The highest BCUT2D eigenvalue weighted by Crippen LogP contribution is 2.30. The molecule has 0 fully saturated rings. The molecular weight excluding hydrogens is 303 g/mol. The molecule has 0 aliphatic rings. The standard InChI is InChI=1S/C18H18F3NO/c1-3-22(4-2)16-10-8-13(9-11-16)17(23)14-6-5-7-15(12-14)18(19,20)21/h5-12H,3-4H2,1-2H3. The van der Waals surface area contributed by atoms with Crippen LogP contribution in [-0.2, 0) is 6.18 Å². The molecule has 0 aliphatic heterocycles. The molecule has 0 amide bonds. The second-order valence-corrected chi connectivity index (χ2v) is 5.13. The van der Waals surface area contributed by atoms with Crippen LogP contribution in [0.25, 0.3) is 0 Å². The van der Waals surface area contributed by atoms with Crippen LogP contribution in [0.15, 0.2) is 48.5 Å². The lowest BCUT2D eigenvalue weighted by Crippen LogP contribution is -2.21. The average molecular weight is 321 g/mol. The lowest BCUT2D eigenvalue weighted by Gasteiger charge is -2.21. The van der Waals surface area contributed by atoms with E-state index in [1.807, 2.05) is 26.0 Å². The maximum Gasteiger partial charge on any atom is 0.416 e. The summed E-state index contributed by atoms with van der Waals surface area (Å²) in [6.45, 7) is 5.76. The zero-order valence-corrected chi connectivity index (χ0v) is 13.0. The van der Waals surface area contributed by atoms with Crippen LogP contribution in [0.4, 0.5) is 18.9 Å². The number of hydrogen-bond acceptors (Lipinski definition) is 2. The first kappa shape index (κ1) is 17.1. The molecule has 2 aromatic rings. The van der Waals surface area contributed by atoms with E-state index in [1.165, 1.54) is 12.1 Å². The Kier molecular flexibility index (Phi) is 5.08. The van der Waals surface area contributed by atoms with Crippen molar-refractivity contribution >= 4 is 11.5 Å². The van der Waals surface area contributed by atoms with Crippen molar-refractivity contribution in [1.29, 1.82) is 0 Å². The fourth-order valence-electron chi connectivity index (χ4n) is 2.42. The van der Waals surface area contributed by atoms with Crippen LogP contribution in [0.3, 0.4) is 0 Å². The van der Waals surface area contributed by atoms with Gasteiger partial charge in [0.15, 0.2) is 5.78 Å². The molecule has 2 aromatic carbocycles. The van der Waals surface area contributed by atoms with Crippen molar-refractivity contribution in [3.05, 3.63) is 65.2 Å². The van der Waals surface area contributed by atoms with E-state index in [9.17, 15) is 18.0 Å². The Labute approximate surface area is 133 Å². The van der Waals surface area contributed by atoms with Crippen LogP contribution in [0.1, 0.15) is 35.3 Å². The Balaban J connectivity index is 2.27. The van der Waals surface area contributed by atoms with Gasteiger partial charge in [-0.05, 0) is 50.2 Å². The minimum atomic E-state index is -4.46. The average Bonchev–Trinajstić information content (AvgIpc) is 2.55. The number of benzene rings is 2. The molecular formula is C18H18F3NO. The first-order valence-electron chi connectivity index (χ1n) is 7.43. The third-order valence-corrected chi connectivity index (χ3v) is 3.71. The van der Waals surface area contributed by atoms with Gasteiger partial charge in [0.25, 0.3) is 0 Å². The predicted octanol–water partition coefficient (Wildman–Crippen LogP) is 4.78. The summed E-state index contributed by atoms with van der Waals surface area (Å²) in [7, 11) is 0. The number of carbonyl (C=O) groups is 1. The number of alkyl halides is 3. The zero-order valence-electron chi connectivity index (χ0n) is 13.0. The van der Waals surface area contributed by atoms with Crippen LogP contribution >= 0.6 is 0 Å². The Morgan fingerprint density at radius 1 is 0.957 bits per heavy atom. The van der Waals surface area contributed by atoms with Gasteiger partial charge in [0.05, 0.1) is 5.56 Å². The molecule has 0 radical (unpaired) electrons. The summed E-state index contributed by atoms with van der Waals surface area (Å²) in [5, 5.41) is 0. The van der Waals surface area contributed by atoms with E-state index >= 15 is 0 Å². The molecule has 122 valence electrons. The molecule has 2 nitrogen and oxygen atoms in total. The number of carbonyl (C=O) groups excluding carboxylic acids is 1. The molecule has 0 atom stereocenters.